The third-order valence-electron chi connectivity index (χ3n) is 3.99. The van der Waals surface area contributed by atoms with Crippen LogP contribution in [0, 0.1) is 0 Å². The summed E-state index contributed by atoms with van der Waals surface area (Å²) >= 11 is 0. The van der Waals surface area contributed by atoms with Gasteiger partial charge in [-0.25, -0.2) is 0 Å². The Labute approximate surface area is 130 Å². The lowest BCUT2D eigenvalue weighted by Crippen LogP contribution is -2.57. The summed E-state index contributed by atoms with van der Waals surface area (Å²) in [5, 5.41) is 2.79. The Morgan fingerprint density at radius 2 is 1.95 bits per heavy atom. The summed E-state index contributed by atoms with van der Waals surface area (Å²) in [7, 11) is 1.34. The van der Waals surface area contributed by atoms with Gasteiger partial charge < -0.3 is 20.5 Å². The van der Waals surface area contributed by atoms with Gasteiger partial charge in [-0.2, -0.15) is 0 Å². The van der Waals surface area contributed by atoms with Crippen molar-refractivity contribution >= 4 is 11.9 Å². The second kappa shape index (κ2) is 7.38. The molecule has 1 aromatic rings. The van der Waals surface area contributed by atoms with E-state index < -0.39 is 11.5 Å². The summed E-state index contributed by atoms with van der Waals surface area (Å²) in [6.45, 7) is 1.11. The van der Waals surface area contributed by atoms with Gasteiger partial charge in [0.15, 0.2) is 0 Å². The Bertz CT molecular complexity index is 512. The molecule has 3 N–H and O–H groups in total. The van der Waals surface area contributed by atoms with Gasteiger partial charge in [0.25, 0.3) is 0 Å². The Morgan fingerprint density at radius 3 is 2.55 bits per heavy atom. The van der Waals surface area contributed by atoms with Crippen LogP contribution in [0.4, 0.5) is 0 Å². The average molecular weight is 306 g/mol. The fourth-order valence-corrected chi connectivity index (χ4v) is 2.50. The molecule has 1 unspecified atom stereocenters. The van der Waals surface area contributed by atoms with Gasteiger partial charge in [-0.1, -0.05) is 30.3 Å². The Morgan fingerprint density at radius 1 is 1.32 bits per heavy atom. The number of hydrogen-bond acceptors (Lipinski definition) is 5. The lowest BCUT2D eigenvalue weighted by molar-refractivity contribution is -0.142. The first-order chi connectivity index (χ1) is 10.6. The van der Waals surface area contributed by atoms with Crippen LogP contribution in [-0.2, 0) is 19.1 Å². The summed E-state index contributed by atoms with van der Waals surface area (Å²) < 4.78 is 10.1. The van der Waals surface area contributed by atoms with E-state index in [9.17, 15) is 9.59 Å². The van der Waals surface area contributed by atoms with Gasteiger partial charge in [-0.15, -0.1) is 0 Å². The highest BCUT2D eigenvalue weighted by Gasteiger charge is 2.36. The molecule has 120 valence electrons. The molecule has 1 fully saturated rings. The molecule has 0 radical (unpaired) electrons. The summed E-state index contributed by atoms with van der Waals surface area (Å²) in [6, 6.07) is 9.22. The van der Waals surface area contributed by atoms with Gasteiger partial charge >= 0.3 is 5.97 Å². The molecule has 1 aliphatic rings. The van der Waals surface area contributed by atoms with E-state index in [0.29, 0.717) is 26.1 Å². The smallest absolute Gasteiger partial charge is 0.314 e. The van der Waals surface area contributed by atoms with Crippen LogP contribution in [0.1, 0.15) is 24.3 Å². The Balaban J connectivity index is 2.02. The Hall–Kier alpha value is -1.92. The minimum absolute atomic E-state index is 0.162. The molecule has 0 saturated carbocycles. The van der Waals surface area contributed by atoms with E-state index in [2.05, 4.69) is 5.32 Å². The van der Waals surface area contributed by atoms with E-state index in [1.165, 1.54) is 7.11 Å². The number of amides is 1. The van der Waals surface area contributed by atoms with E-state index in [1.807, 2.05) is 30.3 Å². The van der Waals surface area contributed by atoms with Crippen molar-refractivity contribution in [2.45, 2.75) is 24.3 Å². The van der Waals surface area contributed by atoms with Crippen molar-refractivity contribution in [1.82, 2.24) is 5.32 Å². The van der Waals surface area contributed by atoms with Gasteiger partial charge in [0, 0.05) is 19.8 Å². The lowest BCUT2D eigenvalue weighted by atomic mass is 9.90. The van der Waals surface area contributed by atoms with Crippen molar-refractivity contribution < 1.29 is 19.1 Å². The van der Waals surface area contributed by atoms with Crippen LogP contribution in [0.25, 0.3) is 0 Å². The largest absolute Gasteiger partial charge is 0.468 e. The third-order valence-corrected chi connectivity index (χ3v) is 3.99. The summed E-state index contributed by atoms with van der Waals surface area (Å²) in [6.07, 6.45) is 0.958. The molecular weight excluding hydrogens is 284 g/mol. The van der Waals surface area contributed by atoms with Crippen molar-refractivity contribution in [2.24, 2.45) is 5.73 Å². The van der Waals surface area contributed by atoms with E-state index >= 15 is 0 Å². The fraction of sp³-hybridized carbons (Fsp3) is 0.500. The lowest BCUT2D eigenvalue weighted by Gasteiger charge is -2.32. The van der Waals surface area contributed by atoms with Crippen LogP contribution in [0.5, 0.6) is 0 Å². The van der Waals surface area contributed by atoms with Gasteiger partial charge in [-0.3, -0.25) is 9.59 Å². The standard InChI is InChI=1S/C16H22N2O4/c1-21-14(19)13(12-5-3-2-4-6-12)11-18-15(20)16(17)7-9-22-10-8-16/h2-6,13H,7-11,17H2,1H3,(H,18,20). The minimum atomic E-state index is -0.921. The van der Waals surface area contributed by atoms with E-state index in [4.69, 9.17) is 15.2 Å². The van der Waals surface area contributed by atoms with Crippen LogP contribution in [0.3, 0.4) is 0 Å². The zero-order valence-corrected chi connectivity index (χ0v) is 12.7. The SMILES string of the molecule is COC(=O)C(CNC(=O)C1(N)CCOCC1)c1ccccc1. The predicted octanol–water partition coefficient (Wildman–Crippen LogP) is 0.567. The molecule has 1 aliphatic heterocycles. The van der Waals surface area contributed by atoms with E-state index in [1.54, 1.807) is 0 Å². The molecule has 1 atom stereocenters. The molecule has 1 amide bonds. The number of carbonyl (C=O) groups is 2. The number of methoxy groups -OCH3 is 1. The maximum atomic E-state index is 12.3. The number of nitrogens with two attached hydrogens (primary N) is 1. The molecule has 0 spiro atoms. The van der Waals surface area contributed by atoms with Gasteiger partial charge in [0.2, 0.25) is 5.91 Å². The monoisotopic (exact) mass is 306 g/mol. The van der Waals surface area contributed by atoms with E-state index in [-0.39, 0.29) is 18.4 Å². The summed E-state index contributed by atoms with van der Waals surface area (Å²) in [5.41, 5.74) is 6.01. The minimum Gasteiger partial charge on any atom is -0.468 e. The topological polar surface area (TPSA) is 90.7 Å². The van der Waals surface area contributed by atoms with Crippen molar-refractivity contribution in [2.75, 3.05) is 26.9 Å². The first kappa shape index (κ1) is 16.5. The third kappa shape index (κ3) is 3.84. The molecule has 1 saturated heterocycles. The van der Waals surface area contributed by atoms with Gasteiger partial charge in [0.05, 0.1) is 18.6 Å². The number of esters is 1. The average Bonchev–Trinajstić information content (AvgIpc) is 2.56. The number of benzene rings is 1. The maximum absolute atomic E-state index is 12.3. The highest BCUT2D eigenvalue weighted by molar-refractivity contribution is 5.87. The molecule has 0 bridgehead atoms. The van der Waals surface area contributed by atoms with Crippen LogP contribution in [0.15, 0.2) is 30.3 Å². The molecule has 0 aliphatic carbocycles. The van der Waals surface area contributed by atoms with Crippen LogP contribution >= 0.6 is 0 Å². The first-order valence-electron chi connectivity index (χ1n) is 7.34. The van der Waals surface area contributed by atoms with Crippen molar-refractivity contribution in [1.29, 1.82) is 0 Å². The second-order valence-electron chi connectivity index (χ2n) is 5.46. The number of hydrogen-bond donors (Lipinski definition) is 2. The quantitative estimate of drug-likeness (QED) is 0.776. The van der Waals surface area contributed by atoms with E-state index in [0.717, 1.165) is 5.56 Å². The molecule has 1 aromatic carbocycles. The van der Waals surface area contributed by atoms with Gasteiger partial charge in [-0.05, 0) is 18.4 Å². The predicted molar refractivity (Wildman–Crippen MR) is 81.2 cm³/mol. The molecule has 0 aromatic heterocycles. The first-order valence-corrected chi connectivity index (χ1v) is 7.34. The van der Waals surface area contributed by atoms with Crippen molar-refractivity contribution in [3.63, 3.8) is 0 Å². The fourth-order valence-electron chi connectivity index (χ4n) is 2.50. The molecule has 22 heavy (non-hydrogen) atoms. The summed E-state index contributed by atoms with van der Waals surface area (Å²) in [5.74, 6) is -1.18. The van der Waals surface area contributed by atoms with Crippen LogP contribution < -0.4 is 11.1 Å². The Kier molecular flexibility index (Phi) is 5.51. The normalized spacial score (nSPS) is 18.3. The van der Waals surface area contributed by atoms with Gasteiger partial charge in [0.1, 0.15) is 0 Å². The zero-order chi connectivity index (χ0) is 16.0. The molecule has 6 nitrogen and oxygen atoms in total. The zero-order valence-electron chi connectivity index (χ0n) is 12.7. The highest BCUT2D eigenvalue weighted by Crippen LogP contribution is 2.20. The second-order valence-corrected chi connectivity index (χ2v) is 5.46. The highest BCUT2D eigenvalue weighted by atomic mass is 16.5. The van der Waals surface area contributed by atoms with Crippen LogP contribution in [-0.4, -0.2) is 44.3 Å². The van der Waals surface area contributed by atoms with Crippen molar-refractivity contribution in [3.8, 4) is 0 Å². The number of carbonyl (C=O) groups excluding carboxylic acids is 2. The molecule has 1 heterocycles. The number of rotatable bonds is 5. The van der Waals surface area contributed by atoms with Crippen molar-refractivity contribution in [3.05, 3.63) is 35.9 Å². The molecule has 6 heteroatoms. The van der Waals surface area contributed by atoms with Crippen LogP contribution in [0.2, 0.25) is 0 Å². The number of nitrogens with one attached hydrogen (secondary N) is 1. The molecular formula is C16H22N2O4. The summed E-state index contributed by atoms with van der Waals surface area (Å²) in [4.78, 5) is 24.3. The maximum Gasteiger partial charge on any atom is 0.314 e. The molecule has 2 rings (SSSR count). The number of ether oxygens (including phenoxy) is 2.